The van der Waals surface area contributed by atoms with Crippen molar-refractivity contribution in [3.05, 3.63) is 46.7 Å². The van der Waals surface area contributed by atoms with Crippen LogP contribution in [0.1, 0.15) is 46.5 Å². The minimum Gasteiger partial charge on any atom is -0.490 e. The molecule has 3 heteroatoms. The van der Waals surface area contributed by atoms with Crippen LogP contribution in [-0.4, -0.2) is 18.2 Å². The van der Waals surface area contributed by atoms with Gasteiger partial charge in [-0.25, -0.2) is 0 Å². The van der Waals surface area contributed by atoms with Gasteiger partial charge in [0.15, 0.2) is 11.5 Å². The molecule has 1 aromatic carbocycles. The lowest BCUT2D eigenvalue weighted by Gasteiger charge is -2.15. The molecule has 0 unspecified atom stereocenters. The van der Waals surface area contributed by atoms with E-state index in [1.807, 2.05) is 12.1 Å². The lowest BCUT2D eigenvalue weighted by molar-refractivity contribution is 0.0892. The van der Waals surface area contributed by atoms with E-state index < -0.39 is 0 Å². The number of ketones is 2. The molecule has 94 valence electrons. The van der Waals surface area contributed by atoms with Gasteiger partial charge in [0.2, 0.25) is 5.78 Å². The predicted octanol–water partition coefficient (Wildman–Crippen LogP) is 2.94. The van der Waals surface area contributed by atoms with Crippen molar-refractivity contribution < 1.29 is 14.3 Å². The summed E-state index contributed by atoms with van der Waals surface area (Å²) in [5, 5.41) is 0. The first-order chi connectivity index (χ1) is 8.67. The van der Waals surface area contributed by atoms with Crippen molar-refractivity contribution in [2.75, 3.05) is 6.61 Å². The van der Waals surface area contributed by atoms with Gasteiger partial charge in [-0.05, 0) is 31.0 Å². The van der Waals surface area contributed by atoms with E-state index in [-0.39, 0.29) is 17.3 Å². The Morgan fingerprint density at radius 2 is 1.89 bits per heavy atom. The molecule has 0 bridgehead atoms. The van der Waals surface area contributed by atoms with Crippen molar-refractivity contribution in [3.8, 4) is 0 Å². The van der Waals surface area contributed by atoms with Crippen LogP contribution in [0.25, 0.3) is 0 Å². The van der Waals surface area contributed by atoms with Crippen LogP contribution in [0, 0.1) is 0 Å². The van der Waals surface area contributed by atoms with E-state index in [2.05, 4.69) is 6.92 Å². The number of ether oxygens (including phenoxy) is 1. The van der Waals surface area contributed by atoms with Crippen LogP contribution < -0.4 is 0 Å². The molecule has 1 aromatic rings. The van der Waals surface area contributed by atoms with E-state index >= 15 is 0 Å². The summed E-state index contributed by atoms with van der Waals surface area (Å²) in [6.07, 6.45) is 3.22. The van der Waals surface area contributed by atoms with Gasteiger partial charge in [-0.2, -0.15) is 0 Å². The maximum atomic E-state index is 12.1. The molecule has 0 fully saturated rings. The molecule has 0 spiro atoms. The van der Waals surface area contributed by atoms with E-state index in [0.29, 0.717) is 17.7 Å². The molecule has 0 saturated carbocycles. The van der Waals surface area contributed by atoms with Gasteiger partial charge in [0.1, 0.15) is 0 Å². The third-order valence-corrected chi connectivity index (χ3v) is 2.92. The third kappa shape index (κ3) is 2.21. The van der Waals surface area contributed by atoms with Crippen molar-refractivity contribution in [1.29, 1.82) is 0 Å². The van der Waals surface area contributed by atoms with Crippen molar-refractivity contribution >= 4 is 11.6 Å². The molecule has 0 amide bonds. The first-order valence-electron chi connectivity index (χ1n) is 6.23. The van der Waals surface area contributed by atoms with Crippen LogP contribution in [0.4, 0.5) is 0 Å². The number of hydrogen-bond donors (Lipinski definition) is 0. The molecule has 0 radical (unpaired) electrons. The van der Waals surface area contributed by atoms with Crippen molar-refractivity contribution in [1.82, 2.24) is 0 Å². The Morgan fingerprint density at radius 1 is 1.11 bits per heavy atom. The molecule has 0 saturated heterocycles. The zero-order valence-electron chi connectivity index (χ0n) is 10.7. The number of Topliss-reactive ketones (excluding diaryl/α,β-unsaturated/α-hetero) is 1. The second-order valence-corrected chi connectivity index (χ2v) is 4.26. The van der Waals surface area contributed by atoms with Crippen LogP contribution in [0.5, 0.6) is 0 Å². The highest BCUT2D eigenvalue weighted by Gasteiger charge is 2.26. The van der Waals surface area contributed by atoms with Crippen LogP contribution >= 0.6 is 0 Å². The van der Waals surface area contributed by atoms with Crippen LogP contribution in [0.3, 0.4) is 0 Å². The van der Waals surface area contributed by atoms with Crippen molar-refractivity contribution in [2.45, 2.75) is 26.7 Å². The normalized spacial score (nSPS) is 14.2. The predicted molar refractivity (Wildman–Crippen MR) is 68.8 cm³/mol. The Bertz CT molecular complexity index is 527. The summed E-state index contributed by atoms with van der Waals surface area (Å²) in [5.41, 5.74) is 2.03. The van der Waals surface area contributed by atoms with E-state index in [9.17, 15) is 9.59 Å². The lowest BCUT2D eigenvalue weighted by Crippen LogP contribution is -2.19. The van der Waals surface area contributed by atoms with Gasteiger partial charge >= 0.3 is 0 Å². The maximum absolute atomic E-state index is 12.1. The molecule has 0 heterocycles. The molecule has 0 aromatic heterocycles. The fourth-order valence-electron chi connectivity index (χ4n) is 2.10. The molecule has 1 aliphatic carbocycles. The average Bonchev–Trinajstić information content (AvgIpc) is 2.36. The number of fused-ring (bicyclic) bond motifs is 1. The zero-order chi connectivity index (χ0) is 13.1. The summed E-state index contributed by atoms with van der Waals surface area (Å²) in [5.74, 6) is -0.196. The quantitative estimate of drug-likeness (QED) is 0.817. The maximum Gasteiger partial charge on any atom is 0.228 e. The number of carbonyl (C=O) groups excluding carboxylic acids is 2. The summed E-state index contributed by atoms with van der Waals surface area (Å²) < 4.78 is 5.19. The van der Waals surface area contributed by atoms with Gasteiger partial charge in [-0.1, -0.05) is 19.4 Å². The van der Waals surface area contributed by atoms with Gasteiger partial charge in [-0.3, -0.25) is 9.59 Å². The minimum absolute atomic E-state index is 0.147. The smallest absolute Gasteiger partial charge is 0.228 e. The standard InChI is InChI=1S/C15H16O3/c1-3-5-10-6-7-11-12(8-10)13(16)9-14(15(11)17)18-4-2/h6-9H,3-5H2,1-2H3. The van der Waals surface area contributed by atoms with Crippen LogP contribution in [0.15, 0.2) is 30.0 Å². The zero-order valence-corrected chi connectivity index (χ0v) is 10.7. The molecule has 0 N–H and O–H groups in total. The van der Waals surface area contributed by atoms with Crippen molar-refractivity contribution in [2.24, 2.45) is 0 Å². The lowest BCUT2D eigenvalue weighted by atomic mass is 9.91. The fourth-order valence-corrected chi connectivity index (χ4v) is 2.10. The Labute approximate surface area is 106 Å². The Hall–Kier alpha value is -1.90. The second kappa shape index (κ2) is 5.17. The van der Waals surface area contributed by atoms with Gasteiger partial charge in [0.05, 0.1) is 6.61 Å². The summed E-state index contributed by atoms with van der Waals surface area (Å²) in [4.78, 5) is 24.0. The fraction of sp³-hybridized carbons (Fsp3) is 0.333. The second-order valence-electron chi connectivity index (χ2n) is 4.26. The third-order valence-electron chi connectivity index (χ3n) is 2.92. The number of carbonyl (C=O) groups is 2. The highest BCUT2D eigenvalue weighted by molar-refractivity contribution is 6.23. The summed E-state index contributed by atoms with van der Waals surface area (Å²) in [6, 6.07) is 5.45. The van der Waals surface area contributed by atoms with E-state index in [4.69, 9.17) is 4.74 Å². The Morgan fingerprint density at radius 3 is 2.56 bits per heavy atom. The number of hydrogen-bond acceptors (Lipinski definition) is 3. The first kappa shape index (κ1) is 12.6. The van der Waals surface area contributed by atoms with Gasteiger partial charge < -0.3 is 4.74 Å². The molecule has 2 rings (SSSR count). The Balaban J connectivity index is 2.41. The summed E-state index contributed by atoms with van der Waals surface area (Å²) in [7, 11) is 0. The highest BCUT2D eigenvalue weighted by atomic mass is 16.5. The average molecular weight is 244 g/mol. The van der Waals surface area contributed by atoms with Crippen LogP contribution in [-0.2, 0) is 11.2 Å². The van der Waals surface area contributed by atoms with Crippen LogP contribution in [0.2, 0.25) is 0 Å². The molecule has 0 aliphatic heterocycles. The molecule has 0 atom stereocenters. The monoisotopic (exact) mass is 244 g/mol. The molecule has 3 nitrogen and oxygen atoms in total. The summed E-state index contributed by atoms with van der Waals surface area (Å²) in [6.45, 7) is 4.26. The number of allylic oxidation sites excluding steroid dienone is 2. The largest absolute Gasteiger partial charge is 0.490 e. The van der Waals surface area contributed by atoms with Crippen molar-refractivity contribution in [3.63, 3.8) is 0 Å². The Kier molecular flexibility index (Phi) is 3.60. The van der Waals surface area contributed by atoms with Gasteiger partial charge in [0.25, 0.3) is 0 Å². The van der Waals surface area contributed by atoms with E-state index in [1.54, 1.807) is 13.0 Å². The number of rotatable bonds is 4. The number of benzene rings is 1. The van der Waals surface area contributed by atoms with E-state index in [1.165, 1.54) is 6.08 Å². The SMILES string of the molecule is CCCc1ccc2c(c1)C(=O)C=C(OCC)C2=O. The highest BCUT2D eigenvalue weighted by Crippen LogP contribution is 2.23. The number of aryl methyl sites for hydroxylation is 1. The van der Waals surface area contributed by atoms with Gasteiger partial charge in [-0.15, -0.1) is 0 Å². The molecular formula is C15H16O3. The summed E-state index contributed by atoms with van der Waals surface area (Å²) >= 11 is 0. The topological polar surface area (TPSA) is 43.4 Å². The first-order valence-corrected chi connectivity index (χ1v) is 6.23. The van der Waals surface area contributed by atoms with E-state index in [0.717, 1.165) is 18.4 Å². The molecule has 1 aliphatic rings. The molecule has 18 heavy (non-hydrogen) atoms. The minimum atomic E-state index is -0.200. The van der Waals surface area contributed by atoms with Gasteiger partial charge in [0, 0.05) is 17.2 Å². The molecular weight excluding hydrogens is 228 g/mol.